The van der Waals surface area contributed by atoms with Crippen LogP contribution in [0.5, 0.6) is 0 Å². The molecular formula is C14H25ClN2O. The molecule has 2 atom stereocenters. The molecule has 1 saturated carbocycles. The number of hydrogen-bond acceptors (Lipinski definition) is 2. The van der Waals surface area contributed by atoms with Gasteiger partial charge in [-0.15, -0.1) is 12.4 Å². The van der Waals surface area contributed by atoms with Gasteiger partial charge in [0, 0.05) is 30.6 Å². The summed E-state index contributed by atoms with van der Waals surface area (Å²) in [6.45, 7) is 4.14. The van der Waals surface area contributed by atoms with Crippen LogP contribution in [0, 0.1) is 5.41 Å². The van der Waals surface area contributed by atoms with Gasteiger partial charge in [-0.3, -0.25) is 4.79 Å². The molecule has 1 N–H and O–H groups in total. The second-order valence-corrected chi connectivity index (χ2v) is 6.21. The van der Waals surface area contributed by atoms with Crippen molar-refractivity contribution in [3.05, 3.63) is 0 Å². The van der Waals surface area contributed by atoms with Gasteiger partial charge in [0.15, 0.2) is 0 Å². The minimum atomic E-state index is 0. The van der Waals surface area contributed by atoms with E-state index < -0.39 is 0 Å². The minimum Gasteiger partial charge on any atom is -0.341 e. The molecular weight excluding hydrogens is 248 g/mol. The van der Waals surface area contributed by atoms with E-state index in [9.17, 15) is 4.79 Å². The van der Waals surface area contributed by atoms with Gasteiger partial charge >= 0.3 is 0 Å². The molecule has 1 amide bonds. The molecule has 4 heteroatoms. The maximum Gasteiger partial charge on any atom is 0.228 e. The maximum absolute atomic E-state index is 12.6. The minimum absolute atomic E-state index is 0. The maximum atomic E-state index is 12.6. The Balaban J connectivity index is 0.00000120. The first-order chi connectivity index (χ1) is 8.23. The number of carbonyl (C=O) groups is 1. The predicted molar refractivity (Wildman–Crippen MR) is 75.0 cm³/mol. The van der Waals surface area contributed by atoms with Gasteiger partial charge in [0.25, 0.3) is 0 Å². The van der Waals surface area contributed by atoms with Crippen molar-refractivity contribution in [2.24, 2.45) is 5.41 Å². The average Bonchev–Trinajstić information content (AvgIpc) is 2.99. The molecule has 3 rings (SSSR count). The Morgan fingerprint density at radius 3 is 2.67 bits per heavy atom. The third kappa shape index (κ3) is 2.53. The largest absolute Gasteiger partial charge is 0.341 e. The fraction of sp³-hybridized carbons (Fsp3) is 0.929. The lowest BCUT2D eigenvalue weighted by Crippen LogP contribution is -2.42. The Morgan fingerprint density at radius 2 is 2.00 bits per heavy atom. The zero-order valence-electron chi connectivity index (χ0n) is 11.3. The van der Waals surface area contributed by atoms with Crippen molar-refractivity contribution >= 4 is 18.3 Å². The smallest absolute Gasteiger partial charge is 0.228 e. The standard InChI is InChI=1S/C14H24N2O.ClH/c1-2-6-14(7-8-14)13(17)16-9-5-11-3-4-12(10-16)15-11;/h11-12,15H,2-10H2,1H3;1H. The number of amides is 1. The van der Waals surface area contributed by atoms with E-state index in [2.05, 4.69) is 17.1 Å². The summed E-state index contributed by atoms with van der Waals surface area (Å²) in [6.07, 6.45) is 8.25. The fourth-order valence-corrected chi connectivity index (χ4v) is 3.66. The molecule has 3 nitrogen and oxygen atoms in total. The van der Waals surface area contributed by atoms with Crippen molar-refractivity contribution in [3.8, 4) is 0 Å². The Labute approximate surface area is 116 Å². The molecule has 0 aromatic carbocycles. The van der Waals surface area contributed by atoms with Gasteiger partial charge in [-0.05, 0) is 38.5 Å². The van der Waals surface area contributed by atoms with Gasteiger partial charge in [-0.25, -0.2) is 0 Å². The fourth-order valence-electron chi connectivity index (χ4n) is 3.66. The van der Waals surface area contributed by atoms with Crippen LogP contribution in [0.4, 0.5) is 0 Å². The number of nitrogens with zero attached hydrogens (tertiary/aromatic N) is 1. The number of carbonyl (C=O) groups excluding carboxylic acids is 1. The second kappa shape index (κ2) is 5.38. The molecule has 3 aliphatic rings. The van der Waals surface area contributed by atoms with E-state index in [1.54, 1.807) is 0 Å². The summed E-state index contributed by atoms with van der Waals surface area (Å²) in [7, 11) is 0. The summed E-state index contributed by atoms with van der Waals surface area (Å²) < 4.78 is 0. The first kappa shape index (κ1) is 14.1. The van der Waals surface area contributed by atoms with E-state index in [1.807, 2.05) is 0 Å². The third-order valence-corrected chi connectivity index (χ3v) is 4.85. The topological polar surface area (TPSA) is 32.3 Å². The normalized spacial score (nSPS) is 32.6. The zero-order valence-corrected chi connectivity index (χ0v) is 12.1. The van der Waals surface area contributed by atoms with Gasteiger partial charge in [-0.1, -0.05) is 13.3 Å². The Hall–Kier alpha value is -0.280. The highest BCUT2D eigenvalue weighted by Gasteiger charge is 2.51. The molecule has 0 radical (unpaired) electrons. The summed E-state index contributed by atoms with van der Waals surface area (Å²) in [4.78, 5) is 14.8. The van der Waals surface area contributed by atoms with Crippen molar-refractivity contribution in [2.45, 2.75) is 64.0 Å². The molecule has 2 unspecified atom stereocenters. The highest BCUT2D eigenvalue weighted by molar-refractivity contribution is 5.85. The van der Waals surface area contributed by atoms with Crippen molar-refractivity contribution in [3.63, 3.8) is 0 Å². The summed E-state index contributed by atoms with van der Waals surface area (Å²) >= 11 is 0. The van der Waals surface area contributed by atoms with E-state index in [-0.39, 0.29) is 17.8 Å². The lowest BCUT2D eigenvalue weighted by Gasteiger charge is -2.28. The highest BCUT2D eigenvalue weighted by atomic mass is 35.5. The van der Waals surface area contributed by atoms with Crippen LogP contribution in [0.1, 0.15) is 51.9 Å². The second-order valence-electron chi connectivity index (χ2n) is 6.21. The van der Waals surface area contributed by atoms with Crippen molar-refractivity contribution in [1.82, 2.24) is 10.2 Å². The molecule has 3 fully saturated rings. The molecule has 18 heavy (non-hydrogen) atoms. The molecule has 0 aromatic rings. The lowest BCUT2D eigenvalue weighted by atomic mass is 9.97. The van der Waals surface area contributed by atoms with Crippen LogP contribution in [0.25, 0.3) is 0 Å². The number of hydrogen-bond donors (Lipinski definition) is 1. The van der Waals surface area contributed by atoms with E-state index in [0.29, 0.717) is 18.0 Å². The summed E-state index contributed by atoms with van der Waals surface area (Å²) in [5, 5.41) is 3.65. The van der Waals surface area contributed by atoms with Crippen LogP contribution in [-0.2, 0) is 4.79 Å². The highest BCUT2D eigenvalue weighted by Crippen LogP contribution is 2.51. The average molecular weight is 273 g/mol. The number of rotatable bonds is 3. The van der Waals surface area contributed by atoms with E-state index >= 15 is 0 Å². The van der Waals surface area contributed by atoms with Crippen molar-refractivity contribution in [1.29, 1.82) is 0 Å². The van der Waals surface area contributed by atoms with E-state index in [1.165, 1.54) is 12.8 Å². The number of fused-ring (bicyclic) bond motifs is 2. The van der Waals surface area contributed by atoms with E-state index in [4.69, 9.17) is 0 Å². The summed E-state index contributed by atoms with van der Waals surface area (Å²) in [6, 6.07) is 1.25. The third-order valence-electron chi connectivity index (χ3n) is 4.85. The van der Waals surface area contributed by atoms with Crippen LogP contribution in [0.15, 0.2) is 0 Å². The van der Waals surface area contributed by atoms with E-state index in [0.717, 1.165) is 45.2 Å². The number of halogens is 1. The van der Waals surface area contributed by atoms with Gasteiger partial charge < -0.3 is 10.2 Å². The Morgan fingerprint density at radius 1 is 1.28 bits per heavy atom. The van der Waals surface area contributed by atoms with Gasteiger partial charge in [-0.2, -0.15) is 0 Å². The zero-order chi connectivity index (χ0) is 11.9. The summed E-state index contributed by atoms with van der Waals surface area (Å²) in [5.74, 6) is 0.466. The van der Waals surface area contributed by atoms with Crippen LogP contribution < -0.4 is 5.32 Å². The number of likely N-dealkylation sites (tertiary alicyclic amines) is 1. The quantitative estimate of drug-likeness (QED) is 0.855. The van der Waals surface area contributed by atoms with Crippen LogP contribution in [0.2, 0.25) is 0 Å². The number of nitrogens with one attached hydrogen (secondary N) is 1. The molecule has 0 aromatic heterocycles. The van der Waals surface area contributed by atoms with Gasteiger partial charge in [0.2, 0.25) is 5.91 Å². The molecule has 104 valence electrons. The lowest BCUT2D eigenvalue weighted by molar-refractivity contribution is -0.137. The van der Waals surface area contributed by atoms with Crippen LogP contribution >= 0.6 is 12.4 Å². The molecule has 2 bridgehead atoms. The molecule has 2 saturated heterocycles. The SMILES string of the molecule is CCCC1(C(=O)N2CCC3CCC(C2)N3)CC1.Cl. The molecule has 0 spiro atoms. The van der Waals surface area contributed by atoms with Gasteiger partial charge in [0.05, 0.1) is 0 Å². The summed E-state index contributed by atoms with van der Waals surface area (Å²) in [5.41, 5.74) is 0.0678. The monoisotopic (exact) mass is 272 g/mol. The Kier molecular flexibility index (Phi) is 4.22. The van der Waals surface area contributed by atoms with Crippen molar-refractivity contribution in [2.75, 3.05) is 13.1 Å². The van der Waals surface area contributed by atoms with Crippen molar-refractivity contribution < 1.29 is 4.79 Å². The van der Waals surface area contributed by atoms with Gasteiger partial charge in [0.1, 0.15) is 0 Å². The molecule has 2 heterocycles. The first-order valence-corrected chi connectivity index (χ1v) is 7.29. The predicted octanol–water partition coefficient (Wildman–Crippen LogP) is 2.34. The molecule has 2 aliphatic heterocycles. The van der Waals surface area contributed by atoms with Crippen LogP contribution in [-0.4, -0.2) is 36.0 Å². The first-order valence-electron chi connectivity index (χ1n) is 7.29. The Bertz CT molecular complexity index is 317. The molecule has 1 aliphatic carbocycles. The van der Waals surface area contributed by atoms with Crippen LogP contribution in [0.3, 0.4) is 0 Å².